The maximum absolute atomic E-state index is 13.2. The highest BCUT2D eigenvalue weighted by molar-refractivity contribution is 5.83. The standard InChI is InChI=1S/C28H30N2O5/c31-26(30-18-11-12-25(30)23(14-18)27(32)33)16-9-10-17(13-16)29-28(34)35-15-24-21-7-3-1-5-19(21)20-6-2-4-8-22(20)24/h1-8,16-18,23-25H,9-15H2,(H,29,34)(H,32,33)/t16?,17?,18-,23+,25+/m1/s1. The predicted octanol–water partition coefficient (Wildman–Crippen LogP) is 4.16. The summed E-state index contributed by atoms with van der Waals surface area (Å²) in [4.78, 5) is 39.3. The van der Waals surface area contributed by atoms with Crippen LogP contribution >= 0.6 is 0 Å². The van der Waals surface area contributed by atoms with Crippen LogP contribution in [0.2, 0.25) is 0 Å². The maximum atomic E-state index is 13.2. The molecule has 7 heteroatoms. The number of fused-ring (bicyclic) bond motifs is 5. The van der Waals surface area contributed by atoms with Gasteiger partial charge in [-0.2, -0.15) is 0 Å². The van der Waals surface area contributed by atoms with Gasteiger partial charge in [0.25, 0.3) is 0 Å². The van der Waals surface area contributed by atoms with Gasteiger partial charge >= 0.3 is 12.1 Å². The van der Waals surface area contributed by atoms with Crippen molar-refractivity contribution >= 4 is 18.0 Å². The number of carboxylic acid groups (broad SMARTS) is 1. The molecule has 2 saturated heterocycles. The molecular formula is C28H30N2O5. The molecule has 1 saturated carbocycles. The molecule has 0 radical (unpaired) electrons. The van der Waals surface area contributed by atoms with Crippen LogP contribution in [0.5, 0.6) is 0 Å². The van der Waals surface area contributed by atoms with Crippen LogP contribution in [0.4, 0.5) is 4.79 Å². The number of nitrogens with zero attached hydrogens (tertiary/aromatic N) is 1. The van der Waals surface area contributed by atoms with Crippen LogP contribution in [0, 0.1) is 11.8 Å². The van der Waals surface area contributed by atoms with Gasteiger partial charge in [-0.25, -0.2) is 4.79 Å². The van der Waals surface area contributed by atoms with E-state index in [0.29, 0.717) is 19.3 Å². The summed E-state index contributed by atoms with van der Waals surface area (Å²) in [5.74, 6) is -1.31. The first-order chi connectivity index (χ1) is 17.0. The van der Waals surface area contributed by atoms with E-state index in [4.69, 9.17) is 4.74 Å². The molecule has 2 aromatic rings. The molecule has 2 aromatic carbocycles. The monoisotopic (exact) mass is 474 g/mol. The van der Waals surface area contributed by atoms with Gasteiger partial charge in [-0.1, -0.05) is 48.5 Å². The van der Waals surface area contributed by atoms with E-state index in [2.05, 4.69) is 29.6 Å². The fourth-order valence-electron chi connectivity index (χ4n) is 6.95. The highest BCUT2D eigenvalue weighted by Crippen LogP contribution is 2.45. The second kappa shape index (κ2) is 8.70. The molecule has 2 bridgehead atoms. The van der Waals surface area contributed by atoms with E-state index in [1.165, 1.54) is 22.3 Å². The second-order valence-electron chi connectivity index (χ2n) is 10.4. The zero-order valence-corrected chi connectivity index (χ0v) is 19.6. The third kappa shape index (κ3) is 3.77. The molecule has 6 rings (SSSR count). The summed E-state index contributed by atoms with van der Waals surface area (Å²) in [6.07, 6.45) is 3.82. The lowest BCUT2D eigenvalue weighted by Gasteiger charge is -2.26. The van der Waals surface area contributed by atoms with Crippen molar-refractivity contribution in [2.75, 3.05) is 6.61 Å². The average Bonchev–Trinajstić information content (AvgIpc) is 3.64. The van der Waals surface area contributed by atoms with Crippen molar-refractivity contribution in [3.8, 4) is 11.1 Å². The van der Waals surface area contributed by atoms with E-state index in [9.17, 15) is 19.5 Å². The number of rotatable bonds is 5. The summed E-state index contributed by atoms with van der Waals surface area (Å²) in [5, 5.41) is 12.4. The van der Waals surface area contributed by atoms with E-state index < -0.39 is 18.0 Å². The second-order valence-corrected chi connectivity index (χ2v) is 10.4. The van der Waals surface area contributed by atoms with Crippen LogP contribution in [-0.4, -0.2) is 52.7 Å². The van der Waals surface area contributed by atoms with E-state index in [1.807, 2.05) is 29.2 Å². The summed E-state index contributed by atoms with van der Waals surface area (Å²) >= 11 is 0. The number of aliphatic carboxylic acids is 1. The number of hydrogen-bond donors (Lipinski definition) is 2. The normalized spacial score (nSPS) is 28.6. The molecule has 2 amide bonds. The topological polar surface area (TPSA) is 95.9 Å². The Hall–Kier alpha value is -3.35. The van der Waals surface area contributed by atoms with Crippen LogP contribution in [0.3, 0.4) is 0 Å². The Morgan fingerprint density at radius 2 is 1.60 bits per heavy atom. The summed E-state index contributed by atoms with van der Waals surface area (Å²) in [7, 11) is 0. The first-order valence-electron chi connectivity index (χ1n) is 12.7. The lowest BCUT2D eigenvalue weighted by molar-refractivity contribution is -0.143. The highest BCUT2D eigenvalue weighted by Gasteiger charge is 2.52. The van der Waals surface area contributed by atoms with Crippen molar-refractivity contribution in [3.05, 3.63) is 59.7 Å². The molecule has 2 unspecified atom stereocenters. The largest absolute Gasteiger partial charge is 0.481 e. The number of benzene rings is 2. The van der Waals surface area contributed by atoms with Crippen LogP contribution in [0.1, 0.15) is 55.6 Å². The minimum absolute atomic E-state index is 0.0128. The number of alkyl carbamates (subject to hydrolysis) is 1. The number of amides is 2. The van der Waals surface area contributed by atoms with E-state index in [-0.39, 0.29) is 42.5 Å². The molecule has 7 nitrogen and oxygen atoms in total. The first kappa shape index (κ1) is 22.1. The van der Waals surface area contributed by atoms with Crippen molar-refractivity contribution in [3.63, 3.8) is 0 Å². The van der Waals surface area contributed by atoms with Crippen molar-refractivity contribution in [2.24, 2.45) is 11.8 Å². The lowest BCUT2D eigenvalue weighted by atomic mass is 9.89. The number of hydrogen-bond acceptors (Lipinski definition) is 4. The quantitative estimate of drug-likeness (QED) is 0.679. The fourth-order valence-corrected chi connectivity index (χ4v) is 6.95. The summed E-state index contributed by atoms with van der Waals surface area (Å²) < 4.78 is 5.67. The van der Waals surface area contributed by atoms with Crippen molar-refractivity contribution < 1.29 is 24.2 Å². The number of nitrogens with one attached hydrogen (secondary N) is 1. The molecule has 0 spiro atoms. The summed E-state index contributed by atoms with van der Waals surface area (Å²) in [6, 6.07) is 16.3. The molecule has 4 aliphatic rings. The van der Waals surface area contributed by atoms with Gasteiger partial charge in [0.1, 0.15) is 6.61 Å². The molecular weight excluding hydrogens is 444 g/mol. The Bertz CT molecular complexity index is 1130. The Balaban J connectivity index is 1.04. The fraction of sp³-hybridized carbons (Fsp3) is 0.464. The van der Waals surface area contributed by atoms with Crippen LogP contribution in [0.15, 0.2) is 48.5 Å². The SMILES string of the molecule is O=C(NC1CCC(C(=O)N2[C@@H]3CC[C@H]2[C@@H](C(=O)O)C3)C1)OCC1c2ccccc2-c2ccccc21. The molecule has 2 N–H and O–H groups in total. The predicted molar refractivity (Wildman–Crippen MR) is 129 cm³/mol. The van der Waals surface area contributed by atoms with Crippen LogP contribution < -0.4 is 5.32 Å². The molecule has 5 atom stereocenters. The smallest absolute Gasteiger partial charge is 0.407 e. The molecule has 0 aromatic heterocycles. The van der Waals surface area contributed by atoms with Gasteiger partial charge in [-0.15, -0.1) is 0 Å². The van der Waals surface area contributed by atoms with Crippen molar-refractivity contribution in [2.45, 2.75) is 62.6 Å². The van der Waals surface area contributed by atoms with Gasteiger partial charge in [-0.05, 0) is 60.8 Å². The number of carbonyl (C=O) groups is 3. The van der Waals surface area contributed by atoms with Crippen LogP contribution in [0.25, 0.3) is 11.1 Å². The third-order valence-electron chi connectivity index (χ3n) is 8.56. The number of ether oxygens (including phenoxy) is 1. The summed E-state index contributed by atoms with van der Waals surface area (Å²) in [5.41, 5.74) is 4.73. The van der Waals surface area contributed by atoms with Gasteiger partial charge in [0.05, 0.1) is 5.92 Å². The van der Waals surface area contributed by atoms with E-state index >= 15 is 0 Å². The minimum Gasteiger partial charge on any atom is -0.481 e. The Morgan fingerprint density at radius 3 is 2.26 bits per heavy atom. The Morgan fingerprint density at radius 1 is 0.914 bits per heavy atom. The Labute approximate surface area is 204 Å². The molecule has 3 fully saturated rings. The molecule has 2 heterocycles. The molecule has 2 aliphatic carbocycles. The zero-order chi connectivity index (χ0) is 24.1. The third-order valence-corrected chi connectivity index (χ3v) is 8.56. The van der Waals surface area contributed by atoms with Crippen molar-refractivity contribution in [1.82, 2.24) is 10.2 Å². The summed E-state index contributed by atoms with van der Waals surface area (Å²) in [6.45, 7) is 0.267. The number of carbonyl (C=O) groups excluding carboxylic acids is 2. The lowest BCUT2D eigenvalue weighted by Crippen LogP contribution is -2.41. The highest BCUT2D eigenvalue weighted by atomic mass is 16.5. The first-order valence-corrected chi connectivity index (χ1v) is 12.7. The average molecular weight is 475 g/mol. The van der Waals surface area contributed by atoms with Gasteiger partial charge < -0.3 is 20.1 Å². The van der Waals surface area contributed by atoms with Gasteiger partial charge in [-0.3, -0.25) is 9.59 Å². The van der Waals surface area contributed by atoms with E-state index in [1.54, 1.807) is 0 Å². The Kier molecular flexibility index (Phi) is 5.50. The molecule has 182 valence electrons. The molecule has 35 heavy (non-hydrogen) atoms. The zero-order valence-electron chi connectivity index (χ0n) is 19.6. The minimum atomic E-state index is -0.795. The number of carboxylic acids is 1. The van der Waals surface area contributed by atoms with Gasteiger partial charge in [0, 0.05) is 30.0 Å². The van der Waals surface area contributed by atoms with Gasteiger partial charge in [0.15, 0.2) is 0 Å². The van der Waals surface area contributed by atoms with Crippen molar-refractivity contribution in [1.29, 1.82) is 0 Å². The van der Waals surface area contributed by atoms with Gasteiger partial charge in [0.2, 0.25) is 5.91 Å². The maximum Gasteiger partial charge on any atom is 0.407 e. The van der Waals surface area contributed by atoms with E-state index in [0.717, 1.165) is 19.3 Å². The van der Waals surface area contributed by atoms with Crippen LogP contribution in [-0.2, 0) is 14.3 Å². The molecule has 2 aliphatic heterocycles.